The predicted molar refractivity (Wildman–Crippen MR) is 40.0 cm³/mol. The van der Waals surface area contributed by atoms with E-state index >= 15 is 0 Å². The molecule has 1 aliphatic heterocycles. The maximum absolute atomic E-state index is 13.3. The Morgan fingerprint density at radius 1 is 0.818 bits per heavy atom. The van der Waals surface area contributed by atoms with Crippen molar-refractivity contribution in [1.29, 1.82) is 0 Å². The van der Waals surface area contributed by atoms with Crippen molar-refractivity contribution in [2.75, 3.05) is 0 Å². The first kappa shape index (κ1) is 18.7. The third-order valence-corrected chi connectivity index (χ3v) is 2.55. The monoisotopic (exact) mass is 360 g/mol. The molecule has 0 radical (unpaired) electrons. The van der Waals surface area contributed by atoms with Gasteiger partial charge in [-0.25, -0.2) is 8.78 Å². The highest BCUT2D eigenvalue weighted by Gasteiger charge is 2.89. The van der Waals surface area contributed by atoms with Crippen LogP contribution in [0.3, 0.4) is 0 Å². The van der Waals surface area contributed by atoms with E-state index in [4.69, 9.17) is 0 Å². The minimum atomic E-state index is -7.64. The summed E-state index contributed by atoms with van der Waals surface area (Å²) in [4.78, 5) is 0. The lowest BCUT2D eigenvalue weighted by atomic mass is 9.94. The van der Waals surface area contributed by atoms with Crippen molar-refractivity contribution >= 4 is 0 Å². The van der Waals surface area contributed by atoms with Crippen LogP contribution in [0.2, 0.25) is 0 Å². The molecule has 0 N–H and O–H groups in total. The fourth-order valence-corrected chi connectivity index (χ4v) is 1.31. The molecule has 1 heterocycles. The van der Waals surface area contributed by atoms with Gasteiger partial charge in [0.1, 0.15) is 0 Å². The summed E-state index contributed by atoms with van der Waals surface area (Å²) >= 11 is 0. The van der Waals surface area contributed by atoms with E-state index in [0.29, 0.717) is 0 Å². The van der Waals surface area contributed by atoms with Crippen molar-refractivity contribution in [3.05, 3.63) is 11.8 Å². The van der Waals surface area contributed by atoms with Gasteiger partial charge < -0.3 is 4.74 Å². The molecule has 1 nitrogen and oxygen atoms in total. The fraction of sp³-hybridized carbons (Fsp3) is 0.750. The molecule has 0 aromatic carbocycles. The molecule has 0 saturated carbocycles. The lowest BCUT2D eigenvalue weighted by Gasteiger charge is -2.38. The minimum absolute atomic E-state index is 2.50. The molecule has 2 atom stereocenters. The van der Waals surface area contributed by atoms with E-state index in [-0.39, 0.29) is 0 Å². The third-order valence-electron chi connectivity index (χ3n) is 2.55. The second kappa shape index (κ2) is 4.57. The Hall–Kier alpha value is -1.37. The molecule has 0 spiro atoms. The molecule has 0 amide bonds. The molecule has 0 bridgehead atoms. The van der Waals surface area contributed by atoms with Gasteiger partial charge in [-0.1, -0.05) is 0 Å². The number of hydrogen-bond acceptors (Lipinski definition) is 1. The first-order valence-corrected chi connectivity index (χ1v) is 4.72. The molecular formula is C8HF13O. The standard InChI is InChI=1S/C8HF13O/c9-1-2(10)4(12,22-3(1)11)5(13,14)6(15,16)7(17,18)8(19,20)21/h2H. The van der Waals surface area contributed by atoms with E-state index in [0.717, 1.165) is 0 Å². The van der Waals surface area contributed by atoms with Crippen LogP contribution >= 0.6 is 0 Å². The summed E-state index contributed by atoms with van der Waals surface area (Å²) in [7, 11) is 0. The summed E-state index contributed by atoms with van der Waals surface area (Å²) in [6.07, 6.45) is -12.0. The molecule has 2 unspecified atom stereocenters. The van der Waals surface area contributed by atoms with E-state index < -0.39 is 47.8 Å². The van der Waals surface area contributed by atoms with Crippen LogP contribution in [0.4, 0.5) is 57.1 Å². The zero-order valence-electron chi connectivity index (χ0n) is 9.40. The van der Waals surface area contributed by atoms with Crippen molar-refractivity contribution in [2.24, 2.45) is 0 Å². The van der Waals surface area contributed by atoms with E-state index in [1.165, 1.54) is 0 Å². The fourth-order valence-electron chi connectivity index (χ4n) is 1.31. The molecule has 0 aromatic heterocycles. The van der Waals surface area contributed by atoms with Crippen molar-refractivity contribution in [2.45, 2.75) is 36.0 Å². The van der Waals surface area contributed by atoms with Gasteiger partial charge in [0.2, 0.25) is 12.0 Å². The smallest absolute Gasteiger partial charge is 0.422 e. The summed E-state index contributed by atoms with van der Waals surface area (Å²) in [5.74, 6) is -31.8. The van der Waals surface area contributed by atoms with Gasteiger partial charge in [-0.3, -0.25) is 0 Å². The summed E-state index contributed by atoms with van der Waals surface area (Å²) < 4.78 is 165. The number of ether oxygens (including phenoxy) is 1. The van der Waals surface area contributed by atoms with Crippen LogP contribution in [-0.2, 0) is 4.74 Å². The topological polar surface area (TPSA) is 9.23 Å². The van der Waals surface area contributed by atoms with Gasteiger partial charge in [0.05, 0.1) is 0 Å². The first-order valence-electron chi connectivity index (χ1n) is 4.72. The van der Waals surface area contributed by atoms with Gasteiger partial charge in [0, 0.05) is 0 Å². The van der Waals surface area contributed by atoms with Crippen LogP contribution in [0.25, 0.3) is 0 Å². The zero-order valence-corrected chi connectivity index (χ0v) is 9.40. The highest BCUT2D eigenvalue weighted by Crippen LogP contribution is 2.60. The van der Waals surface area contributed by atoms with Gasteiger partial charge in [-0.15, -0.1) is 0 Å². The SMILES string of the molecule is FC1=C(F)C(F)C(F)(C(F)(F)C(F)(F)C(F)(F)C(F)(F)F)O1. The van der Waals surface area contributed by atoms with Crippen LogP contribution < -0.4 is 0 Å². The Balaban J connectivity index is 3.41. The number of alkyl halides is 11. The Kier molecular flexibility index (Phi) is 3.88. The summed E-state index contributed by atoms with van der Waals surface area (Å²) in [6.45, 7) is 0. The molecule has 130 valence electrons. The van der Waals surface area contributed by atoms with Crippen LogP contribution in [0.15, 0.2) is 11.8 Å². The second-order valence-electron chi connectivity index (χ2n) is 3.95. The molecular weight excluding hydrogens is 359 g/mol. The van der Waals surface area contributed by atoms with Gasteiger partial charge in [0.25, 0.3) is 0 Å². The van der Waals surface area contributed by atoms with Gasteiger partial charge in [0.15, 0.2) is 0 Å². The van der Waals surface area contributed by atoms with Crippen LogP contribution in [0.1, 0.15) is 0 Å². The summed E-state index contributed by atoms with van der Waals surface area (Å²) in [6, 6.07) is -3.14. The lowest BCUT2D eigenvalue weighted by molar-refractivity contribution is -0.433. The highest BCUT2D eigenvalue weighted by atomic mass is 19.4. The number of halogens is 13. The molecule has 1 rings (SSSR count). The van der Waals surface area contributed by atoms with Crippen molar-refractivity contribution in [3.63, 3.8) is 0 Å². The van der Waals surface area contributed by atoms with Crippen molar-refractivity contribution < 1.29 is 61.8 Å². The summed E-state index contributed by atoms with van der Waals surface area (Å²) in [5.41, 5.74) is 0. The maximum atomic E-state index is 13.3. The Morgan fingerprint density at radius 2 is 1.23 bits per heavy atom. The molecule has 1 aliphatic rings. The molecule has 22 heavy (non-hydrogen) atoms. The van der Waals surface area contributed by atoms with E-state index in [1.54, 1.807) is 0 Å². The maximum Gasteiger partial charge on any atom is 0.460 e. The van der Waals surface area contributed by atoms with Crippen LogP contribution in [-0.4, -0.2) is 36.0 Å². The normalized spacial score (nSPS) is 28.1. The van der Waals surface area contributed by atoms with Crippen molar-refractivity contribution in [1.82, 2.24) is 0 Å². The quantitative estimate of drug-likeness (QED) is 0.669. The van der Waals surface area contributed by atoms with Crippen LogP contribution in [0.5, 0.6) is 0 Å². The third kappa shape index (κ3) is 2.01. The molecule has 14 heteroatoms. The van der Waals surface area contributed by atoms with Gasteiger partial charge >= 0.3 is 35.8 Å². The first-order chi connectivity index (χ1) is 9.45. The van der Waals surface area contributed by atoms with Crippen LogP contribution in [0, 0.1) is 0 Å². The Labute approximate surface area is 111 Å². The highest BCUT2D eigenvalue weighted by molar-refractivity contribution is 5.20. The molecule has 0 saturated heterocycles. The lowest BCUT2D eigenvalue weighted by Crippen LogP contribution is -2.69. The minimum Gasteiger partial charge on any atom is -0.422 e. The van der Waals surface area contributed by atoms with E-state index in [9.17, 15) is 57.1 Å². The summed E-state index contributed by atoms with van der Waals surface area (Å²) in [5, 5.41) is 0. The molecule has 0 aromatic rings. The largest absolute Gasteiger partial charge is 0.460 e. The second-order valence-corrected chi connectivity index (χ2v) is 3.95. The average molecular weight is 360 g/mol. The van der Waals surface area contributed by atoms with E-state index in [1.807, 2.05) is 0 Å². The molecule has 0 fully saturated rings. The molecule has 0 aliphatic carbocycles. The average Bonchev–Trinajstić information content (AvgIpc) is 2.52. The van der Waals surface area contributed by atoms with E-state index in [2.05, 4.69) is 4.74 Å². The zero-order chi connectivity index (χ0) is 17.9. The predicted octanol–water partition coefficient (Wildman–Crippen LogP) is 4.60. The number of rotatable bonds is 3. The number of hydrogen-bond donors (Lipinski definition) is 0. The van der Waals surface area contributed by atoms with Gasteiger partial charge in [-0.05, 0) is 0 Å². The van der Waals surface area contributed by atoms with Gasteiger partial charge in [-0.2, -0.15) is 48.3 Å². The Bertz CT molecular complexity index is 491. The Morgan fingerprint density at radius 3 is 1.50 bits per heavy atom. The van der Waals surface area contributed by atoms with Crippen molar-refractivity contribution in [3.8, 4) is 0 Å².